The lowest BCUT2D eigenvalue weighted by atomic mass is 10.1. The van der Waals surface area contributed by atoms with E-state index in [0.717, 1.165) is 6.42 Å². The molecule has 2 fully saturated rings. The van der Waals surface area contributed by atoms with Gasteiger partial charge in [0.05, 0.1) is 17.9 Å². The highest BCUT2D eigenvalue weighted by molar-refractivity contribution is 6.50. The van der Waals surface area contributed by atoms with Gasteiger partial charge in [-0.05, 0) is 32.3 Å². The molecule has 30 heavy (non-hydrogen) atoms. The van der Waals surface area contributed by atoms with Gasteiger partial charge in [0.15, 0.2) is 0 Å². The molecule has 3 amide bonds. The third-order valence-electron chi connectivity index (χ3n) is 5.43. The summed E-state index contributed by atoms with van der Waals surface area (Å²) in [5.41, 5.74) is 6.04. The zero-order chi connectivity index (χ0) is 22.1. The van der Waals surface area contributed by atoms with Gasteiger partial charge in [-0.2, -0.15) is 0 Å². The fourth-order valence-electron chi connectivity index (χ4n) is 3.57. The van der Waals surface area contributed by atoms with Gasteiger partial charge in [-0.25, -0.2) is 0 Å². The highest BCUT2D eigenvalue weighted by Gasteiger charge is 2.51. The molecule has 2 atom stereocenters. The maximum absolute atomic E-state index is 12.8. The lowest BCUT2D eigenvalue weighted by Crippen LogP contribution is -2.48. The molecule has 0 spiro atoms. The number of aromatic nitrogens is 1. The van der Waals surface area contributed by atoms with Crippen molar-refractivity contribution in [2.75, 3.05) is 25.0 Å². The molecule has 1 aromatic heterocycles. The second kappa shape index (κ2) is 8.77. The summed E-state index contributed by atoms with van der Waals surface area (Å²) >= 11 is 12.0. The molecule has 3 rings (SSSR count). The Morgan fingerprint density at radius 3 is 2.73 bits per heavy atom. The number of hydrogen-bond acceptors (Lipinski definition) is 6. The third kappa shape index (κ3) is 4.84. The zero-order valence-electron chi connectivity index (χ0n) is 16.5. The van der Waals surface area contributed by atoms with E-state index in [9.17, 15) is 14.4 Å². The molecule has 0 bridgehead atoms. The molecule has 2 aliphatic rings. The monoisotopic (exact) mass is 454 g/mol. The number of pyridine rings is 1. The highest BCUT2D eigenvalue weighted by atomic mass is 35.5. The fourth-order valence-corrected chi connectivity index (χ4v) is 4.09. The number of nitrogens with two attached hydrogens (primary N) is 1. The van der Waals surface area contributed by atoms with Gasteiger partial charge in [0.2, 0.25) is 11.8 Å². The Balaban J connectivity index is 1.61. The second-order valence-corrected chi connectivity index (χ2v) is 9.11. The first kappa shape index (κ1) is 22.3. The maximum Gasteiger partial charge on any atom is 0.267 e. The number of hydrogen-bond donors (Lipinski definition) is 4. The van der Waals surface area contributed by atoms with E-state index in [1.807, 2.05) is 0 Å². The van der Waals surface area contributed by atoms with Gasteiger partial charge in [-0.1, -0.05) is 0 Å². The van der Waals surface area contributed by atoms with Crippen molar-refractivity contribution >= 4 is 52.3 Å². The smallest absolute Gasteiger partial charge is 0.267 e. The third-order valence-corrected chi connectivity index (χ3v) is 6.35. The lowest BCUT2D eigenvalue weighted by Gasteiger charge is -2.25. The second-order valence-electron chi connectivity index (χ2n) is 7.56. The first-order chi connectivity index (χ1) is 14.1. The average molecular weight is 455 g/mol. The number of amides is 3. The minimum absolute atomic E-state index is 0.0320. The van der Waals surface area contributed by atoms with Crippen LogP contribution < -0.4 is 16.4 Å². The predicted molar refractivity (Wildman–Crippen MR) is 114 cm³/mol. The Bertz CT molecular complexity index is 891. The molecule has 2 heterocycles. The summed E-state index contributed by atoms with van der Waals surface area (Å²) in [6.45, 7) is 2.45. The van der Waals surface area contributed by atoms with Gasteiger partial charge in [-0.3, -0.25) is 24.8 Å². The van der Waals surface area contributed by atoms with E-state index >= 15 is 0 Å². The van der Waals surface area contributed by atoms with Crippen LogP contribution in [0.5, 0.6) is 0 Å². The summed E-state index contributed by atoms with van der Waals surface area (Å²) in [4.78, 5) is 42.4. The molecule has 9 nitrogen and oxygen atoms in total. The first-order valence-electron chi connectivity index (χ1n) is 9.65. The molecule has 5 N–H and O–H groups in total. The van der Waals surface area contributed by atoms with Gasteiger partial charge in [0, 0.05) is 30.8 Å². The van der Waals surface area contributed by atoms with Crippen molar-refractivity contribution in [1.29, 1.82) is 5.41 Å². The molecule has 0 unspecified atom stereocenters. The van der Waals surface area contributed by atoms with Crippen LogP contribution >= 0.6 is 23.2 Å². The summed E-state index contributed by atoms with van der Waals surface area (Å²) in [6, 6.07) is 0.946. The number of likely N-dealkylation sites (tertiary alicyclic amines) is 1. The van der Waals surface area contributed by atoms with Crippen molar-refractivity contribution in [3.05, 3.63) is 23.5 Å². The zero-order valence-corrected chi connectivity index (χ0v) is 18.0. The molecular formula is C19H24Cl2N6O3. The quantitative estimate of drug-likeness (QED) is 0.341. The predicted octanol–water partition coefficient (Wildman–Crippen LogP) is 0.956. The topological polar surface area (TPSA) is 141 Å². The molecule has 0 aromatic carbocycles. The molecule has 1 aliphatic carbocycles. The summed E-state index contributed by atoms with van der Waals surface area (Å²) in [7, 11) is 0. The number of carbonyl (C=O) groups excluding carboxylic acids is 3. The summed E-state index contributed by atoms with van der Waals surface area (Å²) in [5.74, 6) is -1.32. The fraction of sp³-hybridized carbons (Fsp3) is 0.526. The Labute approximate surface area is 184 Å². The highest BCUT2D eigenvalue weighted by Crippen LogP contribution is 2.52. The van der Waals surface area contributed by atoms with Gasteiger partial charge >= 0.3 is 0 Å². The molecule has 0 radical (unpaired) electrons. The normalized spacial score (nSPS) is 21.8. The van der Waals surface area contributed by atoms with E-state index in [4.69, 9.17) is 34.3 Å². The number of rotatable bonds is 8. The van der Waals surface area contributed by atoms with Crippen molar-refractivity contribution in [2.45, 2.75) is 36.6 Å². The Morgan fingerprint density at radius 2 is 2.10 bits per heavy atom. The van der Waals surface area contributed by atoms with E-state index in [0.29, 0.717) is 37.3 Å². The summed E-state index contributed by atoms with van der Waals surface area (Å²) in [6.07, 6.45) is 3.41. The van der Waals surface area contributed by atoms with Crippen molar-refractivity contribution in [3.63, 3.8) is 0 Å². The van der Waals surface area contributed by atoms with Crippen LogP contribution in [0.2, 0.25) is 0 Å². The van der Waals surface area contributed by atoms with Gasteiger partial charge in [0.25, 0.3) is 5.91 Å². The maximum atomic E-state index is 12.8. The Hall–Kier alpha value is -2.39. The minimum atomic E-state index is -0.875. The number of nitrogens with one attached hydrogen (secondary N) is 3. The van der Waals surface area contributed by atoms with Crippen molar-refractivity contribution in [3.8, 4) is 0 Å². The number of nitrogens with zero attached hydrogens (tertiary/aromatic N) is 2. The van der Waals surface area contributed by atoms with Crippen LogP contribution in [0.4, 0.5) is 5.69 Å². The van der Waals surface area contributed by atoms with Crippen LogP contribution in [-0.2, 0) is 14.4 Å². The van der Waals surface area contributed by atoms with E-state index in [1.165, 1.54) is 17.2 Å². The lowest BCUT2D eigenvalue weighted by molar-refractivity contribution is -0.137. The molecule has 1 saturated carbocycles. The van der Waals surface area contributed by atoms with Crippen molar-refractivity contribution < 1.29 is 14.4 Å². The largest absolute Gasteiger partial charge is 0.374 e. The number of halogens is 2. The SMILES string of the molecule is Cc1nccc(C(=N)C(N)=O)c1NCC(=O)N1CCC[C@H]1C(=O)NC[C@H]1CC1(Cl)Cl. The van der Waals surface area contributed by atoms with E-state index in [2.05, 4.69) is 15.6 Å². The first-order valence-corrected chi connectivity index (χ1v) is 10.4. The van der Waals surface area contributed by atoms with Gasteiger partial charge < -0.3 is 21.3 Å². The van der Waals surface area contributed by atoms with E-state index in [1.54, 1.807) is 6.92 Å². The van der Waals surface area contributed by atoms with Crippen LogP contribution in [0.3, 0.4) is 0 Å². The van der Waals surface area contributed by atoms with E-state index < -0.39 is 16.3 Å². The van der Waals surface area contributed by atoms with Crippen molar-refractivity contribution in [2.24, 2.45) is 11.7 Å². The Kier molecular flexibility index (Phi) is 6.52. The standard InChI is InChI=1S/C19H24Cl2N6O3/c1-10-16(12(4-5-24-10)15(22)17(23)29)25-9-14(28)27-6-2-3-13(27)18(30)26-8-11-7-19(11,20)21/h4-5,11,13,22,25H,2-3,6-9H2,1H3,(H2,23,29)(H,26,30)/t11-,13+/m1/s1. The Morgan fingerprint density at radius 1 is 1.40 bits per heavy atom. The number of carbonyl (C=O) groups is 3. The minimum Gasteiger partial charge on any atom is -0.374 e. The van der Waals surface area contributed by atoms with Crippen LogP contribution in [-0.4, -0.2) is 63.3 Å². The molecule has 1 saturated heterocycles. The number of primary amides is 1. The number of alkyl halides is 2. The number of aryl methyl sites for hydroxylation is 1. The number of anilines is 1. The van der Waals surface area contributed by atoms with Crippen LogP contribution in [0.25, 0.3) is 0 Å². The van der Waals surface area contributed by atoms with Gasteiger partial charge in [-0.15, -0.1) is 23.2 Å². The molecule has 11 heteroatoms. The molecule has 162 valence electrons. The summed E-state index contributed by atoms with van der Waals surface area (Å²) in [5, 5.41) is 13.7. The average Bonchev–Trinajstić information content (AvgIpc) is 3.07. The van der Waals surface area contributed by atoms with Crippen LogP contribution in [0.1, 0.15) is 30.5 Å². The van der Waals surface area contributed by atoms with E-state index in [-0.39, 0.29) is 35.6 Å². The molecule has 1 aromatic rings. The van der Waals surface area contributed by atoms with Crippen LogP contribution in [0, 0.1) is 18.3 Å². The van der Waals surface area contributed by atoms with Crippen LogP contribution in [0.15, 0.2) is 12.3 Å². The van der Waals surface area contributed by atoms with Gasteiger partial charge in [0.1, 0.15) is 16.1 Å². The molecule has 1 aliphatic heterocycles. The molecular weight excluding hydrogens is 431 g/mol. The summed E-state index contributed by atoms with van der Waals surface area (Å²) < 4.78 is -0.764. The van der Waals surface area contributed by atoms with Crippen molar-refractivity contribution in [1.82, 2.24) is 15.2 Å².